The van der Waals surface area contributed by atoms with E-state index in [1.165, 1.54) is 0 Å². The number of allylic oxidation sites excluding steroid dienone is 2. The second kappa shape index (κ2) is 12.3. The summed E-state index contributed by atoms with van der Waals surface area (Å²) >= 11 is 0. The first kappa shape index (κ1) is 33.4. The van der Waals surface area contributed by atoms with Gasteiger partial charge in [-0.2, -0.15) is 0 Å². The molecule has 0 saturated heterocycles. The number of nitrogens with zero attached hydrogens (tertiary/aromatic N) is 2. The summed E-state index contributed by atoms with van der Waals surface area (Å²) in [6, 6.07) is 23.4. The number of rotatable bonds is 4. The first-order valence-electron chi connectivity index (χ1n) is 17.5. The maximum atomic E-state index is 12.8. The molecule has 5 aromatic rings. The summed E-state index contributed by atoms with van der Waals surface area (Å²) < 4.78 is 0. The van der Waals surface area contributed by atoms with Gasteiger partial charge in [-0.15, -0.1) is 0 Å². The van der Waals surface area contributed by atoms with Gasteiger partial charge in [-0.1, -0.05) is 96.1 Å². The topological polar surface area (TPSA) is 100 Å². The zero-order chi connectivity index (χ0) is 35.5. The fourth-order valence-corrected chi connectivity index (χ4v) is 7.90. The lowest BCUT2D eigenvalue weighted by Gasteiger charge is -2.36. The van der Waals surface area contributed by atoms with Crippen molar-refractivity contribution in [2.24, 2.45) is 22.7 Å². The van der Waals surface area contributed by atoms with Crippen LogP contribution in [-0.2, 0) is 12.8 Å². The third-order valence-electron chi connectivity index (χ3n) is 10.9. The maximum Gasteiger partial charge on any atom is 0.336 e. The molecule has 2 unspecified atom stereocenters. The van der Waals surface area contributed by atoms with E-state index < -0.39 is 11.9 Å². The number of pyridine rings is 2. The van der Waals surface area contributed by atoms with E-state index in [9.17, 15) is 19.8 Å². The van der Waals surface area contributed by atoms with Crippen molar-refractivity contribution in [1.29, 1.82) is 0 Å². The first-order valence-corrected chi connectivity index (χ1v) is 17.5. The Bertz CT molecular complexity index is 2110. The molecular weight excluding hydrogens is 620 g/mol. The average molecular weight is 665 g/mol. The highest BCUT2D eigenvalue weighted by atomic mass is 16.4. The monoisotopic (exact) mass is 664 g/mol. The molecule has 7 rings (SSSR count). The lowest BCUT2D eigenvalue weighted by molar-refractivity contribution is 0.0685. The van der Waals surface area contributed by atoms with E-state index in [-0.39, 0.29) is 22.7 Å². The molecule has 50 heavy (non-hydrogen) atoms. The summed E-state index contributed by atoms with van der Waals surface area (Å²) in [6.45, 7) is 13.3. The fourth-order valence-electron chi connectivity index (χ4n) is 7.90. The zero-order valence-electron chi connectivity index (χ0n) is 29.7. The van der Waals surface area contributed by atoms with Crippen molar-refractivity contribution in [2.45, 2.75) is 67.2 Å². The van der Waals surface area contributed by atoms with Crippen LogP contribution in [0.1, 0.15) is 109 Å². The van der Waals surface area contributed by atoms with Gasteiger partial charge in [0.1, 0.15) is 0 Å². The maximum absolute atomic E-state index is 12.8. The normalized spacial score (nSPS) is 19.5. The molecule has 2 aliphatic carbocycles. The number of hydrogen-bond donors (Lipinski definition) is 2. The highest BCUT2D eigenvalue weighted by Crippen LogP contribution is 2.46. The van der Waals surface area contributed by atoms with Crippen LogP contribution in [0.4, 0.5) is 0 Å². The minimum Gasteiger partial charge on any atom is -0.478 e. The first-order chi connectivity index (χ1) is 23.7. The van der Waals surface area contributed by atoms with Gasteiger partial charge in [0.05, 0.1) is 33.5 Å². The molecule has 2 aromatic heterocycles. The van der Waals surface area contributed by atoms with Crippen LogP contribution in [0.25, 0.3) is 45.1 Å². The Morgan fingerprint density at radius 2 is 1.00 bits per heavy atom. The zero-order valence-corrected chi connectivity index (χ0v) is 29.7. The molecule has 2 heterocycles. The minimum atomic E-state index is -0.920. The summed E-state index contributed by atoms with van der Waals surface area (Å²) in [5.74, 6) is -1.36. The van der Waals surface area contributed by atoms with Crippen LogP contribution >= 0.6 is 0 Å². The smallest absolute Gasteiger partial charge is 0.336 e. The quantitative estimate of drug-likeness (QED) is 0.198. The molecule has 254 valence electrons. The van der Waals surface area contributed by atoms with Gasteiger partial charge in [0.2, 0.25) is 0 Å². The molecular formula is C44H44N2O4. The van der Waals surface area contributed by atoms with Crippen LogP contribution in [-0.4, -0.2) is 32.1 Å². The van der Waals surface area contributed by atoms with Gasteiger partial charge < -0.3 is 10.2 Å². The molecule has 2 aliphatic rings. The molecule has 0 amide bonds. The number of para-hydroxylation sites is 2. The summed E-state index contributed by atoms with van der Waals surface area (Å²) in [5, 5.41) is 22.3. The summed E-state index contributed by atoms with van der Waals surface area (Å²) in [5.41, 5.74) is 9.28. The van der Waals surface area contributed by atoms with Crippen molar-refractivity contribution in [3.63, 3.8) is 0 Å². The second-order valence-electron chi connectivity index (χ2n) is 16.2. The van der Waals surface area contributed by atoms with Gasteiger partial charge in [0.15, 0.2) is 0 Å². The molecule has 0 radical (unpaired) electrons. The number of fused-ring (bicyclic) bond motifs is 4. The molecule has 0 bridgehead atoms. The van der Waals surface area contributed by atoms with Crippen LogP contribution in [0.2, 0.25) is 0 Å². The molecule has 2 N–H and O–H groups in total. The minimum absolute atomic E-state index is 0.0333. The number of benzene rings is 3. The molecule has 6 nitrogen and oxygen atoms in total. The SMILES string of the molecule is CC(C)(C)C1C/C(=C/c2cccc(/C=C3\CC(C(C)(C)C)Cc4c3nc3ccccc3c4C(=O)O)c2)c2nc3ccccc3c(C(=O)O)c2C1. The van der Waals surface area contributed by atoms with E-state index in [1.807, 2.05) is 54.6 Å². The van der Waals surface area contributed by atoms with Crippen molar-refractivity contribution in [3.8, 4) is 0 Å². The molecule has 0 saturated carbocycles. The Morgan fingerprint density at radius 3 is 1.38 bits per heavy atom. The van der Waals surface area contributed by atoms with E-state index in [4.69, 9.17) is 9.97 Å². The fraction of sp³-hybridized carbons (Fsp3) is 0.318. The van der Waals surface area contributed by atoms with Gasteiger partial charge in [-0.25, -0.2) is 19.6 Å². The molecule has 0 spiro atoms. The van der Waals surface area contributed by atoms with Gasteiger partial charge in [0.25, 0.3) is 0 Å². The third kappa shape index (κ3) is 6.12. The number of hydrogen-bond acceptors (Lipinski definition) is 4. The van der Waals surface area contributed by atoms with Crippen molar-refractivity contribution < 1.29 is 19.8 Å². The Kier molecular flexibility index (Phi) is 8.25. The lowest BCUT2D eigenvalue weighted by Crippen LogP contribution is -2.28. The van der Waals surface area contributed by atoms with E-state index in [1.54, 1.807) is 0 Å². The number of aromatic carboxylic acids is 2. The summed E-state index contributed by atoms with van der Waals surface area (Å²) in [6.07, 6.45) is 7.26. The third-order valence-corrected chi connectivity index (χ3v) is 10.9. The molecule has 0 aliphatic heterocycles. The number of carbonyl (C=O) groups is 2. The molecule has 2 atom stereocenters. The molecule has 0 fully saturated rings. The van der Waals surface area contributed by atoms with Crippen molar-refractivity contribution >= 4 is 57.0 Å². The molecule has 6 heteroatoms. The van der Waals surface area contributed by atoms with Crippen LogP contribution in [0.3, 0.4) is 0 Å². The Morgan fingerprint density at radius 1 is 0.600 bits per heavy atom. The van der Waals surface area contributed by atoms with Crippen molar-refractivity contribution in [1.82, 2.24) is 9.97 Å². The van der Waals surface area contributed by atoms with E-state index in [0.29, 0.717) is 45.8 Å². The van der Waals surface area contributed by atoms with E-state index in [2.05, 4.69) is 71.9 Å². The molecule has 3 aromatic carbocycles. The van der Waals surface area contributed by atoms with Crippen molar-refractivity contribution in [2.75, 3.05) is 0 Å². The number of carboxylic acids is 2. The van der Waals surface area contributed by atoms with Gasteiger partial charge in [0, 0.05) is 10.8 Å². The van der Waals surface area contributed by atoms with Gasteiger partial charge >= 0.3 is 11.9 Å². The predicted molar refractivity (Wildman–Crippen MR) is 202 cm³/mol. The Hall–Kier alpha value is -5.10. The standard InChI is InChI=1S/C44H44N2O4/c1-43(2,3)29-21-27(39-33(23-29)37(41(47)48)31-14-7-9-16-35(31)45-39)19-25-12-11-13-26(18-25)20-28-22-30(44(4,5)6)24-34-38(42(49)50)32-15-8-10-17-36(32)46-40(28)34/h7-20,29-30H,21-24H2,1-6H3,(H,47,48)(H,49,50)/b27-19-,28-20+. The lowest BCUT2D eigenvalue weighted by atomic mass is 9.68. The highest BCUT2D eigenvalue weighted by Gasteiger charge is 2.36. The predicted octanol–water partition coefficient (Wildman–Crippen LogP) is 10.5. The van der Waals surface area contributed by atoms with Crippen LogP contribution in [0.5, 0.6) is 0 Å². The van der Waals surface area contributed by atoms with E-state index in [0.717, 1.165) is 57.6 Å². The Balaban J connectivity index is 1.38. The summed E-state index contributed by atoms with van der Waals surface area (Å²) in [7, 11) is 0. The number of carboxylic acid groups (broad SMARTS) is 2. The van der Waals surface area contributed by atoms with Crippen LogP contribution in [0, 0.1) is 22.7 Å². The highest BCUT2D eigenvalue weighted by molar-refractivity contribution is 6.07. The Labute approximate surface area is 293 Å². The number of aromatic nitrogens is 2. The average Bonchev–Trinajstić information content (AvgIpc) is 3.05. The largest absolute Gasteiger partial charge is 0.478 e. The van der Waals surface area contributed by atoms with Crippen LogP contribution < -0.4 is 0 Å². The van der Waals surface area contributed by atoms with Gasteiger partial charge in [-0.05, 0) is 112 Å². The second-order valence-corrected chi connectivity index (χ2v) is 16.2. The van der Waals surface area contributed by atoms with E-state index >= 15 is 0 Å². The van der Waals surface area contributed by atoms with Gasteiger partial charge in [-0.3, -0.25) is 0 Å². The van der Waals surface area contributed by atoms with Crippen LogP contribution in [0.15, 0.2) is 72.8 Å². The van der Waals surface area contributed by atoms with Crippen molar-refractivity contribution in [3.05, 3.63) is 118 Å². The summed E-state index contributed by atoms with van der Waals surface area (Å²) in [4.78, 5) is 35.7.